The predicted octanol–water partition coefficient (Wildman–Crippen LogP) is 4.91. The number of halogens is 4. The third-order valence-electron chi connectivity index (χ3n) is 2.18. The normalized spacial score (nSPS) is 11.4. The molecule has 0 spiro atoms. The van der Waals surface area contributed by atoms with Crippen LogP contribution in [0.1, 0.15) is 4.88 Å². The van der Waals surface area contributed by atoms with Crippen molar-refractivity contribution in [3.8, 4) is 5.75 Å². The van der Waals surface area contributed by atoms with Crippen LogP contribution in [0.25, 0.3) is 0 Å². The van der Waals surface area contributed by atoms with Crippen LogP contribution in [0.2, 0.25) is 4.34 Å². The predicted molar refractivity (Wildman–Crippen MR) is 69.8 cm³/mol. The summed E-state index contributed by atoms with van der Waals surface area (Å²) in [6.07, 6.45) is -4.66. The molecule has 2 rings (SSSR count). The molecule has 102 valence electrons. The summed E-state index contributed by atoms with van der Waals surface area (Å²) in [6, 6.07) is 9.26. The van der Waals surface area contributed by atoms with Gasteiger partial charge in [-0.1, -0.05) is 11.6 Å². The van der Waals surface area contributed by atoms with Gasteiger partial charge in [0.05, 0.1) is 4.34 Å². The summed E-state index contributed by atoms with van der Waals surface area (Å²) in [4.78, 5) is 1.04. The first-order valence-electron chi connectivity index (χ1n) is 5.26. The van der Waals surface area contributed by atoms with Crippen molar-refractivity contribution in [2.75, 3.05) is 5.32 Å². The van der Waals surface area contributed by atoms with Crippen LogP contribution >= 0.6 is 22.9 Å². The Morgan fingerprint density at radius 3 is 2.32 bits per heavy atom. The number of thiophene rings is 1. The van der Waals surface area contributed by atoms with Gasteiger partial charge in [0.1, 0.15) is 5.75 Å². The standard InChI is InChI=1S/C12H9ClF3NOS/c13-11-6-5-10(19-11)7-17-8-1-3-9(4-2-8)18-12(14,15)16/h1-6,17H,7H2. The second-order valence-corrected chi connectivity index (χ2v) is 5.43. The van der Waals surface area contributed by atoms with E-state index in [1.807, 2.05) is 6.07 Å². The minimum Gasteiger partial charge on any atom is -0.406 e. The number of hydrogen-bond acceptors (Lipinski definition) is 3. The van der Waals surface area contributed by atoms with E-state index < -0.39 is 6.36 Å². The zero-order chi connectivity index (χ0) is 13.9. The van der Waals surface area contributed by atoms with Crippen LogP contribution in [0.15, 0.2) is 36.4 Å². The van der Waals surface area contributed by atoms with Crippen molar-refractivity contribution in [2.24, 2.45) is 0 Å². The number of anilines is 1. The molecule has 0 saturated heterocycles. The maximum Gasteiger partial charge on any atom is 0.573 e. The minimum absolute atomic E-state index is 0.239. The zero-order valence-electron chi connectivity index (χ0n) is 9.50. The fourth-order valence-electron chi connectivity index (χ4n) is 1.41. The summed E-state index contributed by atoms with van der Waals surface area (Å²) in [6.45, 7) is 0.566. The van der Waals surface area contributed by atoms with Gasteiger partial charge in [0.25, 0.3) is 0 Å². The molecule has 0 aliphatic rings. The summed E-state index contributed by atoms with van der Waals surface area (Å²) >= 11 is 7.24. The molecular formula is C12H9ClF3NOS. The van der Waals surface area contributed by atoms with Crippen molar-refractivity contribution in [3.63, 3.8) is 0 Å². The van der Waals surface area contributed by atoms with Crippen molar-refractivity contribution in [1.29, 1.82) is 0 Å². The molecule has 1 aromatic heterocycles. The van der Waals surface area contributed by atoms with E-state index in [-0.39, 0.29) is 5.75 Å². The monoisotopic (exact) mass is 307 g/mol. The molecule has 0 saturated carbocycles. The lowest BCUT2D eigenvalue weighted by molar-refractivity contribution is -0.274. The van der Waals surface area contributed by atoms with E-state index in [4.69, 9.17) is 11.6 Å². The molecule has 19 heavy (non-hydrogen) atoms. The number of alkyl halides is 3. The Balaban J connectivity index is 1.91. The van der Waals surface area contributed by atoms with Crippen LogP contribution in [-0.2, 0) is 6.54 Å². The Kier molecular flexibility index (Phi) is 4.21. The van der Waals surface area contributed by atoms with E-state index in [0.29, 0.717) is 16.6 Å². The van der Waals surface area contributed by atoms with Gasteiger partial charge in [0.15, 0.2) is 0 Å². The highest BCUT2D eigenvalue weighted by atomic mass is 35.5. The van der Waals surface area contributed by atoms with Crippen molar-refractivity contribution < 1.29 is 17.9 Å². The fourth-order valence-corrected chi connectivity index (χ4v) is 2.44. The summed E-state index contributed by atoms with van der Waals surface area (Å²) in [5.41, 5.74) is 0.707. The molecular weight excluding hydrogens is 299 g/mol. The molecule has 0 bridgehead atoms. The Labute approximate surface area is 116 Å². The van der Waals surface area contributed by atoms with Crippen LogP contribution in [-0.4, -0.2) is 6.36 Å². The van der Waals surface area contributed by atoms with Gasteiger partial charge in [-0.3, -0.25) is 0 Å². The number of hydrogen-bond donors (Lipinski definition) is 1. The molecule has 2 nitrogen and oxygen atoms in total. The van der Waals surface area contributed by atoms with Gasteiger partial charge in [-0.05, 0) is 36.4 Å². The van der Waals surface area contributed by atoms with Crippen molar-refractivity contribution >= 4 is 28.6 Å². The number of ether oxygens (including phenoxy) is 1. The SMILES string of the molecule is FC(F)(F)Oc1ccc(NCc2ccc(Cl)s2)cc1. The van der Waals surface area contributed by atoms with Gasteiger partial charge in [-0.25, -0.2) is 0 Å². The lowest BCUT2D eigenvalue weighted by Gasteiger charge is -2.10. The molecule has 0 aliphatic carbocycles. The first kappa shape index (κ1) is 14.0. The zero-order valence-corrected chi connectivity index (χ0v) is 11.1. The molecule has 2 aromatic rings. The summed E-state index contributed by atoms with van der Waals surface area (Å²) in [5.74, 6) is -0.239. The average Bonchev–Trinajstić information content (AvgIpc) is 2.72. The summed E-state index contributed by atoms with van der Waals surface area (Å²) < 4.78 is 40.4. The highest BCUT2D eigenvalue weighted by Crippen LogP contribution is 2.25. The molecule has 0 unspecified atom stereocenters. The van der Waals surface area contributed by atoms with Crippen LogP contribution < -0.4 is 10.1 Å². The second kappa shape index (κ2) is 5.71. The molecule has 0 aliphatic heterocycles. The number of benzene rings is 1. The molecule has 0 atom stereocenters. The van der Waals surface area contributed by atoms with E-state index in [9.17, 15) is 13.2 Å². The van der Waals surface area contributed by atoms with Gasteiger partial charge in [0, 0.05) is 17.1 Å². The third-order valence-corrected chi connectivity index (χ3v) is 3.41. The van der Waals surface area contributed by atoms with Gasteiger partial charge in [0.2, 0.25) is 0 Å². The number of rotatable bonds is 4. The highest BCUT2D eigenvalue weighted by Gasteiger charge is 2.30. The summed E-state index contributed by atoms with van der Waals surface area (Å²) in [7, 11) is 0. The van der Waals surface area contributed by atoms with Crippen molar-refractivity contribution in [3.05, 3.63) is 45.6 Å². The van der Waals surface area contributed by atoms with Crippen LogP contribution in [0.5, 0.6) is 5.75 Å². The third kappa shape index (κ3) is 4.65. The number of nitrogens with one attached hydrogen (secondary N) is 1. The largest absolute Gasteiger partial charge is 0.573 e. The molecule has 0 fully saturated rings. The van der Waals surface area contributed by atoms with Crippen LogP contribution in [0.3, 0.4) is 0 Å². The first-order chi connectivity index (χ1) is 8.92. The van der Waals surface area contributed by atoms with Gasteiger partial charge >= 0.3 is 6.36 Å². The van der Waals surface area contributed by atoms with Crippen LogP contribution in [0, 0.1) is 0 Å². The summed E-state index contributed by atoms with van der Waals surface area (Å²) in [5, 5.41) is 3.08. The van der Waals surface area contributed by atoms with E-state index in [1.165, 1.54) is 35.6 Å². The Morgan fingerprint density at radius 2 is 1.79 bits per heavy atom. The molecule has 7 heteroatoms. The molecule has 1 heterocycles. The smallest absolute Gasteiger partial charge is 0.406 e. The van der Waals surface area contributed by atoms with Crippen molar-refractivity contribution in [2.45, 2.75) is 12.9 Å². The molecule has 0 radical (unpaired) electrons. The Bertz CT molecular complexity index is 539. The van der Waals surface area contributed by atoms with E-state index >= 15 is 0 Å². The van der Waals surface area contributed by atoms with Gasteiger partial charge in [-0.15, -0.1) is 24.5 Å². The quantitative estimate of drug-likeness (QED) is 0.866. The van der Waals surface area contributed by atoms with Crippen molar-refractivity contribution in [1.82, 2.24) is 0 Å². The minimum atomic E-state index is -4.66. The lowest BCUT2D eigenvalue weighted by Crippen LogP contribution is -2.17. The molecule has 1 aromatic carbocycles. The lowest BCUT2D eigenvalue weighted by atomic mass is 10.3. The van der Waals surface area contributed by atoms with Gasteiger partial charge < -0.3 is 10.1 Å². The van der Waals surface area contributed by atoms with E-state index in [2.05, 4.69) is 10.1 Å². The topological polar surface area (TPSA) is 21.3 Å². The average molecular weight is 308 g/mol. The molecule has 1 N–H and O–H groups in total. The fraction of sp³-hybridized carbons (Fsp3) is 0.167. The highest BCUT2D eigenvalue weighted by molar-refractivity contribution is 7.16. The Morgan fingerprint density at radius 1 is 1.11 bits per heavy atom. The first-order valence-corrected chi connectivity index (χ1v) is 6.46. The van der Waals surface area contributed by atoms with E-state index in [0.717, 1.165) is 4.88 Å². The maximum absolute atomic E-state index is 12.0. The Hall–Kier alpha value is -1.40. The van der Waals surface area contributed by atoms with Crippen LogP contribution in [0.4, 0.5) is 18.9 Å². The molecule has 0 amide bonds. The van der Waals surface area contributed by atoms with E-state index in [1.54, 1.807) is 6.07 Å². The second-order valence-electron chi connectivity index (χ2n) is 3.63. The van der Waals surface area contributed by atoms with Gasteiger partial charge in [-0.2, -0.15) is 0 Å². The maximum atomic E-state index is 12.0.